The number of benzene rings is 2. The van der Waals surface area contributed by atoms with Gasteiger partial charge in [-0.05, 0) is 82.9 Å². The number of ether oxygens (including phenoxy) is 2. The van der Waals surface area contributed by atoms with Crippen LogP contribution in [0, 0.1) is 0 Å². The van der Waals surface area contributed by atoms with E-state index in [0.29, 0.717) is 52.0 Å². The number of hydrogen-bond donors (Lipinski definition) is 5. The molecular formula is C48H89N4O8P. The molecule has 2 rings (SSSR count). The smallest absolute Gasteiger partial charge is 0.314 e. The SMILES string of the molecule is C.C.C.CC(CO)(CCCCN)c1ccccc1.CCOC(=O)CCCCCN=CC=O.CCOC(=O)CCCCCNC(=O)NCCCCC(C)(CO)c1ccccc1.P. The highest BCUT2D eigenvalue weighted by molar-refractivity contribution is 6.92. The molecule has 0 aliphatic rings. The van der Waals surface area contributed by atoms with Crippen LogP contribution in [0.1, 0.15) is 151 Å². The van der Waals surface area contributed by atoms with Crippen LogP contribution in [-0.4, -0.2) is 93.3 Å². The number of urea groups is 1. The van der Waals surface area contributed by atoms with E-state index in [0.717, 1.165) is 89.2 Å². The van der Waals surface area contributed by atoms with E-state index in [1.807, 2.05) is 36.4 Å². The number of carbonyl (C=O) groups excluding carboxylic acids is 4. The minimum atomic E-state index is -0.243. The molecule has 0 radical (unpaired) electrons. The van der Waals surface area contributed by atoms with Crippen LogP contribution in [0.2, 0.25) is 0 Å². The largest absolute Gasteiger partial charge is 0.466 e. The first-order chi connectivity index (χ1) is 27.5. The topological polar surface area (TPSA) is 190 Å². The van der Waals surface area contributed by atoms with Crippen LogP contribution in [-0.2, 0) is 34.7 Å². The monoisotopic (exact) mass is 881 g/mol. The quantitative estimate of drug-likeness (QED) is 0.0183. The van der Waals surface area contributed by atoms with Crippen molar-refractivity contribution in [3.63, 3.8) is 0 Å². The van der Waals surface area contributed by atoms with Crippen LogP contribution in [0.4, 0.5) is 4.79 Å². The number of esters is 2. The lowest BCUT2D eigenvalue weighted by Crippen LogP contribution is -2.36. The minimum Gasteiger partial charge on any atom is -0.466 e. The third kappa shape index (κ3) is 34.6. The number of nitrogens with two attached hydrogens (primary N) is 1. The number of aliphatic imine (C=N–C) groups is 1. The molecule has 0 saturated carbocycles. The molecule has 0 spiro atoms. The molecule has 354 valence electrons. The normalized spacial score (nSPS) is 11.9. The van der Waals surface area contributed by atoms with Crippen LogP contribution < -0.4 is 16.4 Å². The van der Waals surface area contributed by atoms with Gasteiger partial charge in [0.25, 0.3) is 0 Å². The number of nitrogens with zero attached hydrogens (tertiary/aromatic N) is 1. The first kappa shape index (κ1) is 66.4. The number of rotatable bonds is 28. The fraction of sp³-hybridized carbons (Fsp3) is 0.646. The Morgan fingerprint density at radius 2 is 1.07 bits per heavy atom. The van der Waals surface area contributed by atoms with Crippen LogP contribution >= 0.6 is 9.90 Å². The Kier molecular flexibility index (Phi) is 48.3. The van der Waals surface area contributed by atoms with Crippen molar-refractivity contribution in [2.75, 3.05) is 52.6 Å². The molecule has 12 nitrogen and oxygen atoms in total. The van der Waals surface area contributed by atoms with Crippen molar-refractivity contribution < 1.29 is 38.9 Å². The number of aliphatic hydroxyl groups is 2. The van der Waals surface area contributed by atoms with Crippen LogP contribution in [0.5, 0.6) is 0 Å². The van der Waals surface area contributed by atoms with Gasteiger partial charge in [0.05, 0.1) is 32.6 Å². The van der Waals surface area contributed by atoms with Crippen molar-refractivity contribution in [2.24, 2.45) is 10.7 Å². The van der Waals surface area contributed by atoms with Crippen molar-refractivity contribution in [1.29, 1.82) is 0 Å². The van der Waals surface area contributed by atoms with E-state index in [-0.39, 0.29) is 74.2 Å². The first-order valence-corrected chi connectivity index (χ1v) is 20.8. The van der Waals surface area contributed by atoms with E-state index >= 15 is 0 Å². The molecule has 13 heteroatoms. The first-order valence-electron chi connectivity index (χ1n) is 20.8. The summed E-state index contributed by atoms with van der Waals surface area (Å²) in [7, 11) is 0. The van der Waals surface area contributed by atoms with Crippen molar-refractivity contribution in [2.45, 2.75) is 151 Å². The fourth-order valence-electron chi connectivity index (χ4n) is 5.88. The average Bonchev–Trinajstić information content (AvgIpc) is 3.23. The molecule has 0 aromatic heterocycles. The Morgan fingerprint density at radius 1 is 0.656 bits per heavy atom. The average molecular weight is 881 g/mol. The van der Waals surface area contributed by atoms with E-state index in [1.54, 1.807) is 13.8 Å². The molecule has 2 aromatic carbocycles. The second-order valence-electron chi connectivity index (χ2n) is 14.5. The predicted molar refractivity (Wildman–Crippen MR) is 261 cm³/mol. The van der Waals surface area contributed by atoms with E-state index in [1.165, 1.54) is 11.8 Å². The highest BCUT2D eigenvalue weighted by Gasteiger charge is 2.25. The summed E-state index contributed by atoms with van der Waals surface area (Å²) in [4.78, 5) is 47.5. The number of aliphatic hydroxyl groups excluding tert-OH is 2. The van der Waals surface area contributed by atoms with Gasteiger partial charge < -0.3 is 36.1 Å². The maximum absolute atomic E-state index is 11.8. The Balaban J connectivity index is -0.000000271. The molecule has 3 atom stereocenters. The molecule has 0 fully saturated rings. The summed E-state index contributed by atoms with van der Waals surface area (Å²) in [6.07, 6.45) is 13.8. The summed E-state index contributed by atoms with van der Waals surface area (Å²) in [5.41, 5.74) is 7.47. The van der Waals surface area contributed by atoms with Gasteiger partial charge in [0.1, 0.15) is 0 Å². The summed E-state index contributed by atoms with van der Waals surface area (Å²) in [6, 6.07) is 20.1. The fourth-order valence-corrected chi connectivity index (χ4v) is 5.88. The Labute approximate surface area is 374 Å². The highest BCUT2D eigenvalue weighted by atomic mass is 31.0. The Morgan fingerprint density at radius 3 is 1.46 bits per heavy atom. The lowest BCUT2D eigenvalue weighted by atomic mass is 9.79. The van der Waals surface area contributed by atoms with Gasteiger partial charge in [0.15, 0.2) is 6.29 Å². The number of hydrogen-bond acceptors (Lipinski definition) is 10. The van der Waals surface area contributed by atoms with Crippen molar-refractivity contribution in [1.82, 2.24) is 10.6 Å². The summed E-state index contributed by atoms with van der Waals surface area (Å²) >= 11 is 0. The standard InChI is InChI=1S/C22H36N2O4.C13H21NO.C10H17NO3.3CH4.H3P/c1-3-28-20(26)14-8-5-10-16-23-21(27)24-17-11-9-15-22(2,18-25)19-12-6-4-7-13-19;1-13(11-15,9-5-6-10-14)12-7-3-2-4-8-12;1-2-14-10(13)6-4-3-5-7-11-8-9-12;;;;/h4,6-7,12-13,25H,3,5,8-11,14-18H2,1-2H3,(H2,23,24,27);2-4,7-8,15H,5-6,9-11,14H2,1H3;8-9H,2-7H2,1H3;3*1H4;1H3. The third-order valence-electron chi connectivity index (χ3n) is 9.55. The second-order valence-corrected chi connectivity index (χ2v) is 14.5. The van der Waals surface area contributed by atoms with Gasteiger partial charge in [-0.2, -0.15) is 9.90 Å². The van der Waals surface area contributed by atoms with Gasteiger partial charge in [0, 0.05) is 43.3 Å². The van der Waals surface area contributed by atoms with Crippen LogP contribution in [0.3, 0.4) is 0 Å². The van der Waals surface area contributed by atoms with Gasteiger partial charge in [-0.3, -0.25) is 19.4 Å². The molecule has 3 unspecified atom stereocenters. The molecule has 2 aromatic rings. The second kappa shape index (κ2) is 44.4. The predicted octanol–water partition coefficient (Wildman–Crippen LogP) is 8.94. The van der Waals surface area contributed by atoms with Crippen LogP contribution in [0.15, 0.2) is 65.7 Å². The minimum absolute atomic E-state index is 0. The Hall–Kier alpha value is -3.70. The molecule has 0 heterocycles. The molecule has 0 bridgehead atoms. The number of unbranched alkanes of at least 4 members (excludes halogenated alkanes) is 6. The number of aldehydes is 1. The summed E-state index contributed by atoms with van der Waals surface area (Å²) < 4.78 is 9.64. The van der Waals surface area contributed by atoms with Crippen molar-refractivity contribution in [3.05, 3.63) is 71.8 Å². The molecule has 0 aliphatic heterocycles. The highest BCUT2D eigenvalue weighted by Crippen LogP contribution is 2.29. The zero-order chi connectivity index (χ0) is 42.5. The van der Waals surface area contributed by atoms with E-state index in [4.69, 9.17) is 15.2 Å². The van der Waals surface area contributed by atoms with Crippen molar-refractivity contribution in [3.8, 4) is 0 Å². The lowest BCUT2D eigenvalue weighted by molar-refractivity contribution is -0.144. The molecule has 6 N–H and O–H groups in total. The molecule has 0 saturated heterocycles. The molecule has 61 heavy (non-hydrogen) atoms. The van der Waals surface area contributed by atoms with E-state index in [9.17, 15) is 29.4 Å². The van der Waals surface area contributed by atoms with Crippen LogP contribution in [0.25, 0.3) is 0 Å². The summed E-state index contributed by atoms with van der Waals surface area (Å²) in [6.45, 7) is 11.6. The van der Waals surface area contributed by atoms with Gasteiger partial charge in [-0.15, -0.1) is 0 Å². The lowest BCUT2D eigenvalue weighted by Gasteiger charge is -2.28. The molecule has 0 aliphatic carbocycles. The van der Waals surface area contributed by atoms with Gasteiger partial charge in [0.2, 0.25) is 0 Å². The Bertz CT molecular complexity index is 1340. The van der Waals surface area contributed by atoms with E-state index < -0.39 is 0 Å². The maximum Gasteiger partial charge on any atom is 0.314 e. The van der Waals surface area contributed by atoms with Gasteiger partial charge in [-0.25, -0.2) is 4.79 Å². The maximum atomic E-state index is 11.8. The van der Waals surface area contributed by atoms with Gasteiger partial charge in [-0.1, -0.05) is 122 Å². The zero-order valence-electron chi connectivity index (χ0n) is 36.1. The van der Waals surface area contributed by atoms with E-state index in [2.05, 4.69) is 53.7 Å². The third-order valence-corrected chi connectivity index (χ3v) is 9.55. The summed E-state index contributed by atoms with van der Waals surface area (Å²) in [5, 5.41) is 25.0. The number of carbonyl (C=O) groups is 4. The number of amides is 2. The zero-order valence-corrected chi connectivity index (χ0v) is 37.5. The van der Waals surface area contributed by atoms with Gasteiger partial charge >= 0.3 is 18.0 Å². The molecular weight excluding hydrogens is 792 g/mol. The molecule has 2 amide bonds. The van der Waals surface area contributed by atoms with Crippen molar-refractivity contribution >= 4 is 40.4 Å². The number of nitrogens with one attached hydrogen (secondary N) is 2. The summed E-state index contributed by atoms with van der Waals surface area (Å²) in [5.74, 6) is -0.290.